The van der Waals surface area contributed by atoms with Gasteiger partial charge in [0.1, 0.15) is 5.69 Å². The molecule has 1 atom stereocenters. The van der Waals surface area contributed by atoms with Gasteiger partial charge in [0.15, 0.2) is 0 Å². The van der Waals surface area contributed by atoms with E-state index < -0.39 is 0 Å². The highest BCUT2D eigenvalue weighted by Crippen LogP contribution is 2.39. The molecule has 5 nitrogen and oxygen atoms in total. The van der Waals surface area contributed by atoms with Gasteiger partial charge in [0, 0.05) is 19.3 Å². The van der Waals surface area contributed by atoms with Crippen LogP contribution in [0.2, 0.25) is 0 Å². The number of nitrogens with one attached hydrogen (secondary N) is 1. The van der Waals surface area contributed by atoms with E-state index in [9.17, 15) is 4.79 Å². The maximum atomic E-state index is 12.1. The summed E-state index contributed by atoms with van der Waals surface area (Å²) in [5, 5.41) is 7.19. The third kappa shape index (κ3) is 2.34. The molecular formula is C12H20N4O. The first-order chi connectivity index (χ1) is 7.96. The summed E-state index contributed by atoms with van der Waals surface area (Å²) in [6.45, 7) is 4.40. The first-order valence-electron chi connectivity index (χ1n) is 5.99. The molecule has 3 N–H and O–H groups in total. The molecule has 1 fully saturated rings. The van der Waals surface area contributed by atoms with Gasteiger partial charge in [-0.2, -0.15) is 5.10 Å². The fourth-order valence-electron chi connectivity index (χ4n) is 2.04. The van der Waals surface area contributed by atoms with Crippen LogP contribution in [-0.4, -0.2) is 27.8 Å². The number of hydrogen-bond acceptors (Lipinski definition) is 3. The van der Waals surface area contributed by atoms with Crippen molar-refractivity contribution >= 4 is 5.91 Å². The fourth-order valence-corrected chi connectivity index (χ4v) is 2.04. The quantitative estimate of drug-likeness (QED) is 0.803. The van der Waals surface area contributed by atoms with Gasteiger partial charge in [0.25, 0.3) is 5.91 Å². The van der Waals surface area contributed by atoms with Crippen LogP contribution < -0.4 is 11.1 Å². The average Bonchev–Trinajstić information content (AvgIpc) is 3.07. The summed E-state index contributed by atoms with van der Waals surface area (Å²) in [7, 11) is 1.83. The molecule has 1 saturated carbocycles. The van der Waals surface area contributed by atoms with Crippen LogP contribution in [0.15, 0.2) is 6.07 Å². The van der Waals surface area contributed by atoms with Gasteiger partial charge >= 0.3 is 0 Å². The van der Waals surface area contributed by atoms with Crippen molar-refractivity contribution in [3.05, 3.63) is 17.5 Å². The topological polar surface area (TPSA) is 72.9 Å². The molecule has 94 valence electrons. The van der Waals surface area contributed by atoms with Gasteiger partial charge in [0.2, 0.25) is 0 Å². The van der Waals surface area contributed by atoms with Crippen LogP contribution in [0.4, 0.5) is 0 Å². The number of carbonyl (C=O) groups is 1. The first kappa shape index (κ1) is 12.1. The summed E-state index contributed by atoms with van der Waals surface area (Å²) in [4.78, 5) is 12.1. The Morgan fingerprint density at radius 3 is 2.76 bits per heavy atom. The van der Waals surface area contributed by atoms with E-state index >= 15 is 0 Å². The lowest BCUT2D eigenvalue weighted by molar-refractivity contribution is 0.0892. The molecule has 0 saturated heterocycles. The van der Waals surface area contributed by atoms with Gasteiger partial charge in [-0.3, -0.25) is 9.48 Å². The minimum absolute atomic E-state index is 0.131. The van der Waals surface area contributed by atoms with Crippen molar-refractivity contribution in [2.45, 2.75) is 32.2 Å². The van der Waals surface area contributed by atoms with Gasteiger partial charge in [-0.05, 0) is 38.7 Å². The Bertz CT molecular complexity index is 416. The molecule has 1 amide bonds. The van der Waals surface area contributed by atoms with Gasteiger partial charge in [-0.1, -0.05) is 0 Å². The van der Waals surface area contributed by atoms with E-state index in [1.54, 1.807) is 10.7 Å². The summed E-state index contributed by atoms with van der Waals surface area (Å²) in [6.07, 6.45) is 2.30. The zero-order valence-corrected chi connectivity index (χ0v) is 10.7. The monoisotopic (exact) mass is 236 g/mol. The van der Waals surface area contributed by atoms with Crippen LogP contribution in [0.1, 0.15) is 35.9 Å². The smallest absolute Gasteiger partial charge is 0.272 e. The molecule has 1 aromatic rings. The van der Waals surface area contributed by atoms with E-state index in [-0.39, 0.29) is 11.4 Å². The molecule has 1 aromatic heterocycles. The minimum atomic E-state index is -0.289. The maximum Gasteiger partial charge on any atom is 0.272 e. The van der Waals surface area contributed by atoms with E-state index in [4.69, 9.17) is 5.73 Å². The Labute approximate surface area is 101 Å². The van der Waals surface area contributed by atoms with Crippen molar-refractivity contribution < 1.29 is 4.79 Å². The van der Waals surface area contributed by atoms with E-state index in [1.807, 2.05) is 20.9 Å². The summed E-state index contributed by atoms with van der Waals surface area (Å²) >= 11 is 0. The number of aromatic nitrogens is 2. The third-order valence-electron chi connectivity index (χ3n) is 3.65. The molecule has 0 bridgehead atoms. The molecule has 1 aliphatic carbocycles. The second kappa shape index (κ2) is 4.14. The van der Waals surface area contributed by atoms with Crippen molar-refractivity contribution in [2.24, 2.45) is 18.7 Å². The maximum absolute atomic E-state index is 12.1. The number of nitrogens with zero attached hydrogens (tertiary/aromatic N) is 2. The van der Waals surface area contributed by atoms with E-state index in [0.717, 1.165) is 18.5 Å². The Hall–Kier alpha value is -1.36. The Morgan fingerprint density at radius 1 is 1.71 bits per heavy atom. The zero-order chi connectivity index (χ0) is 12.6. The standard InChI is InChI=1S/C12H20N4O/c1-8-6-10(15-16(8)3)11(17)14-12(2,7-13)9-4-5-9/h6,9H,4-5,7,13H2,1-3H3,(H,14,17). The number of amides is 1. The Balaban J connectivity index is 2.10. The third-order valence-corrected chi connectivity index (χ3v) is 3.65. The molecule has 5 heteroatoms. The Morgan fingerprint density at radius 2 is 2.35 bits per heavy atom. The van der Waals surface area contributed by atoms with E-state index in [1.165, 1.54) is 0 Å². The summed E-state index contributed by atoms with van der Waals surface area (Å²) in [5.41, 5.74) is 6.91. The minimum Gasteiger partial charge on any atom is -0.344 e. The fraction of sp³-hybridized carbons (Fsp3) is 0.667. The average molecular weight is 236 g/mol. The molecule has 17 heavy (non-hydrogen) atoms. The van der Waals surface area contributed by atoms with Crippen molar-refractivity contribution in [2.75, 3.05) is 6.54 Å². The summed E-state index contributed by atoms with van der Waals surface area (Å²) in [6, 6.07) is 1.79. The van der Waals surface area contributed by atoms with Gasteiger partial charge < -0.3 is 11.1 Å². The largest absolute Gasteiger partial charge is 0.344 e. The number of nitrogens with two attached hydrogens (primary N) is 1. The molecule has 0 radical (unpaired) electrons. The normalized spacial score (nSPS) is 18.8. The lowest BCUT2D eigenvalue weighted by Crippen LogP contribution is -2.53. The molecule has 1 unspecified atom stereocenters. The molecule has 1 aliphatic rings. The van der Waals surface area contributed by atoms with Crippen LogP contribution >= 0.6 is 0 Å². The first-order valence-corrected chi connectivity index (χ1v) is 5.99. The van der Waals surface area contributed by atoms with Crippen molar-refractivity contribution in [3.8, 4) is 0 Å². The summed E-state index contributed by atoms with van der Waals surface area (Å²) in [5.74, 6) is 0.384. The summed E-state index contributed by atoms with van der Waals surface area (Å²) < 4.78 is 1.70. The van der Waals surface area contributed by atoms with Crippen molar-refractivity contribution in [1.29, 1.82) is 0 Å². The highest BCUT2D eigenvalue weighted by Gasteiger charge is 2.41. The number of hydrogen-bond donors (Lipinski definition) is 2. The molecule has 0 spiro atoms. The number of rotatable bonds is 4. The molecule has 2 rings (SSSR count). The van der Waals surface area contributed by atoms with Gasteiger partial charge in [-0.25, -0.2) is 0 Å². The highest BCUT2D eigenvalue weighted by molar-refractivity contribution is 5.93. The van der Waals surface area contributed by atoms with E-state index in [2.05, 4.69) is 10.4 Å². The molecule has 1 heterocycles. The molecular weight excluding hydrogens is 216 g/mol. The lowest BCUT2D eigenvalue weighted by Gasteiger charge is -2.29. The van der Waals surface area contributed by atoms with Crippen molar-refractivity contribution in [1.82, 2.24) is 15.1 Å². The van der Waals surface area contributed by atoms with Gasteiger partial charge in [-0.15, -0.1) is 0 Å². The van der Waals surface area contributed by atoms with Crippen LogP contribution in [0.5, 0.6) is 0 Å². The predicted molar refractivity (Wildman–Crippen MR) is 65.6 cm³/mol. The number of carbonyl (C=O) groups excluding carboxylic acids is 1. The van der Waals surface area contributed by atoms with Crippen LogP contribution in [0.3, 0.4) is 0 Å². The van der Waals surface area contributed by atoms with Gasteiger partial charge in [0.05, 0.1) is 5.54 Å². The predicted octanol–water partition coefficient (Wildman–Crippen LogP) is 0.586. The van der Waals surface area contributed by atoms with Crippen LogP contribution in [0, 0.1) is 12.8 Å². The lowest BCUT2D eigenvalue weighted by atomic mass is 9.96. The number of aryl methyl sites for hydroxylation is 2. The highest BCUT2D eigenvalue weighted by atomic mass is 16.2. The molecule has 0 aliphatic heterocycles. The van der Waals surface area contributed by atoms with Crippen LogP contribution in [0.25, 0.3) is 0 Å². The van der Waals surface area contributed by atoms with E-state index in [0.29, 0.717) is 18.2 Å². The van der Waals surface area contributed by atoms with Crippen LogP contribution in [-0.2, 0) is 7.05 Å². The second-order valence-electron chi connectivity index (χ2n) is 5.14. The SMILES string of the molecule is Cc1cc(C(=O)NC(C)(CN)C2CC2)nn1C. The second-order valence-corrected chi connectivity index (χ2v) is 5.14. The molecule has 0 aromatic carbocycles. The van der Waals surface area contributed by atoms with Crippen molar-refractivity contribution in [3.63, 3.8) is 0 Å². The Kier molecular flexibility index (Phi) is 2.95. The zero-order valence-electron chi connectivity index (χ0n) is 10.7.